The quantitative estimate of drug-likeness (QED) is 0.829. The van der Waals surface area contributed by atoms with E-state index in [9.17, 15) is 9.90 Å². The zero-order valence-corrected chi connectivity index (χ0v) is 9.68. The molecule has 88 valence electrons. The van der Waals surface area contributed by atoms with Crippen LogP contribution in [0, 0.1) is 6.92 Å². The van der Waals surface area contributed by atoms with Gasteiger partial charge in [-0.05, 0) is 32.9 Å². The van der Waals surface area contributed by atoms with Crippen molar-refractivity contribution in [1.29, 1.82) is 0 Å². The molecule has 1 atom stereocenters. The van der Waals surface area contributed by atoms with Crippen LogP contribution in [0.5, 0.6) is 0 Å². The third-order valence-corrected chi connectivity index (χ3v) is 3.28. The number of aryl methyl sites for hydroxylation is 1. The number of carboxylic acid groups (broad SMARTS) is 1. The molecule has 5 nitrogen and oxygen atoms in total. The summed E-state index contributed by atoms with van der Waals surface area (Å²) < 4.78 is 1.86. The van der Waals surface area contributed by atoms with E-state index in [1.54, 1.807) is 6.20 Å². The van der Waals surface area contributed by atoms with Crippen molar-refractivity contribution < 1.29 is 9.90 Å². The molecule has 1 aromatic heterocycles. The third-order valence-electron chi connectivity index (χ3n) is 3.28. The lowest BCUT2D eigenvalue weighted by atomic mass is 10.2. The summed E-state index contributed by atoms with van der Waals surface area (Å²) in [6.45, 7) is 3.61. The number of hydrogen-bond acceptors (Lipinski definition) is 3. The first-order chi connectivity index (χ1) is 7.61. The molecule has 1 unspecified atom stereocenters. The average Bonchev–Trinajstić information content (AvgIpc) is 2.83. The maximum Gasteiger partial charge on any atom is 0.327 e. The van der Waals surface area contributed by atoms with Crippen molar-refractivity contribution in [1.82, 2.24) is 14.5 Å². The van der Waals surface area contributed by atoms with Gasteiger partial charge in [0.15, 0.2) is 6.04 Å². The van der Waals surface area contributed by atoms with Gasteiger partial charge < -0.3 is 9.67 Å². The second-order valence-corrected chi connectivity index (χ2v) is 4.27. The molecule has 1 aliphatic heterocycles. The zero-order valence-electron chi connectivity index (χ0n) is 9.68. The van der Waals surface area contributed by atoms with E-state index in [4.69, 9.17) is 0 Å². The van der Waals surface area contributed by atoms with E-state index in [1.165, 1.54) is 0 Å². The summed E-state index contributed by atoms with van der Waals surface area (Å²) >= 11 is 0. The number of nitrogens with zero attached hydrogens (tertiary/aromatic N) is 3. The summed E-state index contributed by atoms with van der Waals surface area (Å²) in [6.07, 6.45) is 3.84. The minimum atomic E-state index is -0.787. The number of likely N-dealkylation sites (tertiary alicyclic amines) is 1. The zero-order chi connectivity index (χ0) is 11.7. The molecule has 0 radical (unpaired) electrons. The van der Waals surface area contributed by atoms with E-state index in [1.807, 2.05) is 23.4 Å². The highest BCUT2D eigenvalue weighted by Crippen LogP contribution is 2.25. The maximum absolute atomic E-state index is 11.4. The van der Waals surface area contributed by atoms with Crippen molar-refractivity contribution in [3.63, 3.8) is 0 Å². The highest BCUT2D eigenvalue weighted by atomic mass is 16.4. The molecule has 2 rings (SSSR count). The predicted octanol–water partition coefficient (Wildman–Crippen LogP) is 0.950. The Hall–Kier alpha value is -1.36. The summed E-state index contributed by atoms with van der Waals surface area (Å²) in [5, 5.41) is 9.34. The molecule has 5 heteroatoms. The van der Waals surface area contributed by atoms with Crippen molar-refractivity contribution in [2.24, 2.45) is 7.05 Å². The highest BCUT2D eigenvalue weighted by Gasteiger charge is 2.31. The molecule has 1 fully saturated rings. The Kier molecular flexibility index (Phi) is 2.96. The van der Waals surface area contributed by atoms with Gasteiger partial charge in [0, 0.05) is 7.05 Å². The van der Waals surface area contributed by atoms with Gasteiger partial charge in [-0.2, -0.15) is 0 Å². The predicted molar refractivity (Wildman–Crippen MR) is 59.1 cm³/mol. The number of hydrogen-bond donors (Lipinski definition) is 1. The normalized spacial score (nSPS) is 18.9. The van der Waals surface area contributed by atoms with Crippen LogP contribution in [0.25, 0.3) is 0 Å². The van der Waals surface area contributed by atoms with Crippen molar-refractivity contribution >= 4 is 5.97 Å². The summed E-state index contributed by atoms with van der Waals surface area (Å²) in [4.78, 5) is 17.5. The van der Waals surface area contributed by atoms with Crippen LogP contribution in [-0.2, 0) is 11.8 Å². The van der Waals surface area contributed by atoms with E-state index in [0.29, 0.717) is 0 Å². The fourth-order valence-electron chi connectivity index (χ4n) is 2.24. The average molecular weight is 223 g/mol. The molecule has 2 heterocycles. The molecule has 0 saturated carbocycles. The van der Waals surface area contributed by atoms with E-state index < -0.39 is 12.0 Å². The Morgan fingerprint density at radius 1 is 1.50 bits per heavy atom. The molecule has 16 heavy (non-hydrogen) atoms. The first kappa shape index (κ1) is 11.1. The molecule has 0 bridgehead atoms. The van der Waals surface area contributed by atoms with E-state index in [2.05, 4.69) is 4.98 Å². The van der Waals surface area contributed by atoms with Crippen LogP contribution < -0.4 is 0 Å². The van der Waals surface area contributed by atoms with Crippen molar-refractivity contribution in [3.05, 3.63) is 17.7 Å². The maximum atomic E-state index is 11.4. The first-order valence-electron chi connectivity index (χ1n) is 5.56. The van der Waals surface area contributed by atoms with Gasteiger partial charge in [0.05, 0.1) is 11.9 Å². The lowest BCUT2D eigenvalue weighted by molar-refractivity contribution is -0.143. The van der Waals surface area contributed by atoms with Gasteiger partial charge in [0.1, 0.15) is 5.82 Å². The monoisotopic (exact) mass is 223 g/mol. The number of imidazole rings is 1. The van der Waals surface area contributed by atoms with Gasteiger partial charge in [-0.15, -0.1) is 0 Å². The largest absolute Gasteiger partial charge is 0.480 e. The second-order valence-electron chi connectivity index (χ2n) is 4.27. The van der Waals surface area contributed by atoms with E-state index in [-0.39, 0.29) is 0 Å². The fraction of sp³-hybridized carbons (Fsp3) is 0.636. The summed E-state index contributed by atoms with van der Waals surface area (Å²) in [6, 6.07) is -0.548. The van der Waals surface area contributed by atoms with Crippen molar-refractivity contribution in [3.8, 4) is 0 Å². The van der Waals surface area contributed by atoms with Crippen LogP contribution in [-0.4, -0.2) is 38.6 Å². The smallest absolute Gasteiger partial charge is 0.327 e. The van der Waals surface area contributed by atoms with Gasteiger partial charge in [-0.25, -0.2) is 4.98 Å². The Balaban J connectivity index is 2.32. The van der Waals surface area contributed by atoms with Gasteiger partial charge in [-0.1, -0.05) is 0 Å². The van der Waals surface area contributed by atoms with Gasteiger partial charge in [0.25, 0.3) is 0 Å². The topological polar surface area (TPSA) is 58.4 Å². The molecule has 1 aromatic rings. The lowest BCUT2D eigenvalue weighted by Gasteiger charge is -2.23. The van der Waals surface area contributed by atoms with Crippen molar-refractivity contribution in [2.45, 2.75) is 25.8 Å². The van der Waals surface area contributed by atoms with Crippen LogP contribution >= 0.6 is 0 Å². The Morgan fingerprint density at radius 2 is 2.12 bits per heavy atom. The number of aromatic nitrogens is 2. The van der Waals surface area contributed by atoms with Gasteiger partial charge in [0.2, 0.25) is 0 Å². The van der Waals surface area contributed by atoms with E-state index in [0.717, 1.165) is 37.4 Å². The Labute approximate surface area is 94.7 Å². The second kappa shape index (κ2) is 4.25. The van der Waals surface area contributed by atoms with Crippen LogP contribution in [0.1, 0.15) is 30.4 Å². The molecule has 0 aliphatic carbocycles. The summed E-state index contributed by atoms with van der Waals surface area (Å²) in [5.41, 5.74) is 0.770. The molecule has 1 aliphatic rings. The van der Waals surface area contributed by atoms with E-state index >= 15 is 0 Å². The SMILES string of the molecule is Cc1ncc(C(C(=O)O)N2CCCC2)n1C. The molecule has 1 N–H and O–H groups in total. The van der Waals surface area contributed by atoms with Crippen LogP contribution in [0.2, 0.25) is 0 Å². The standard InChI is InChI=1S/C11H17N3O2/c1-8-12-7-9(13(8)2)10(11(15)16)14-5-3-4-6-14/h7,10H,3-6H2,1-2H3,(H,15,16). The molecule has 0 spiro atoms. The molecular weight excluding hydrogens is 206 g/mol. The molecule has 0 aromatic carbocycles. The molecule has 1 saturated heterocycles. The minimum Gasteiger partial charge on any atom is -0.480 e. The highest BCUT2D eigenvalue weighted by molar-refractivity contribution is 5.75. The summed E-state index contributed by atoms with van der Waals surface area (Å²) in [7, 11) is 1.86. The number of carboxylic acids is 1. The number of aliphatic carboxylic acids is 1. The van der Waals surface area contributed by atoms with Crippen LogP contribution in [0.4, 0.5) is 0 Å². The Morgan fingerprint density at radius 3 is 2.56 bits per heavy atom. The van der Waals surface area contributed by atoms with Gasteiger partial charge >= 0.3 is 5.97 Å². The molecule has 0 amide bonds. The fourth-order valence-corrected chi connectivity index (χ4v) is 2.24. The number of rotatable bonds is 3. The Bertz CT molecular complexity index is 394. The van der Waals surface area contributed by atoms with Gasteiger partial charge in [-0.3, -0.25) is 9.69 Å². The summed E-state index contributed by atoms with van der Waals surface area (Å²) in [5.74, 6) is 0.0605. The van der Waals surface area contributed by atoms with Crippen LogP contribution in [0.3, 0.4) is 0 Å². The minimum absolute atomic E-state index is 0.548. The first-order valence-corrected chi connectivity index (χ1v) is 5.56. The molecular formula is C11H17N3O2. The van der Waals surface area contributed by atoms with Crippen molar-refractivity contribution in [2.75, 3.05) is 13.1 Å². The van der Waals surface area contributed by atoms with Crippen LogP contribution in [0.15, 0.2) is 6.20 Å². The lowest BCUT2D eigenvalue weighted by Crippen LogP contribution is -2.33. The number of carbonyl (C=O) groups is 1. The third kappa shape index (κ3) is 1.82.